The van der Waals surface area contributed by atoms with E-state index in [-0.39, 0.29) is 13.2 Å². The van der Waals surface area contributed by atoms with E-state index in [0.29, 0.717) is 22.6 Å². The summed E-state index contributed by atoms with van der Waals surface area (Å²) in [5.41, 5.74) is 3.48. The van der Waals surface area contributed by atoms with Crippen molar-refractivity contribution in [2.45, 2.75) is 27.4 Å². The Morgan fingerprint density at radius 2 is 1.90 bits per heavy atom. The third kappa shape index (κ3) is 4.71. The molecular formula is C24H24O6. The van der Waals surface area contributed by atoms with Gasteiger partial charge in [-0.1, -0.05) is 30.4 Å². The first-order chi connectivity index (χ1) is 14.4. The second-order valence-corrected chi connectivity index (χ2v) is 6.83. The summed E-state index contributed by atoms with van der Waals surface area (Å²) in [5, 5.41) is 0.743. The molecule has 0 amide bonds. The normalized spacial score (nSPS) is 11.1. The smallest absolute Gasteiger partial charge is 0.344 e. The van der Waals surface area contributed by atoms with Gasteiger partial charge in [0, 0.05) is 17.0 Å². The first kappa shape index (κ1) is 21.2. The van der Waals surface area contributed by atoms with Gasteiger partial charge < -0.3 is 18.6 Å². The van der Waals surface area contributed by atoms with Crippen molar-refractivity contribution in [3.05, 3.63) is 75.1 Å². The number of benzene rings is 2. The summed E-state index contributed by atoms with van der Waals surface area (Å²) in [6.07, 6.45) is 3.86. The van der Waals surface area contributed by atoms with Gasteiger partial charge in [0.1, 0.15) is 12.2 Å². The number of hydrogen-bond acceptors (Lipinski definition) is 6. The number of rotatable bonds is 7. The second kappa shape index (κ2) is 9.31. The Balaban J connectivity index is 1.69. The van der Waals surface area contributed by atoms with E-state index in [1.807, 2.05) is 57.2 Å². The van der Waals surface area contributed by atoms with Crippen molar-refractivity contribution in [2.24, 2.45) is 0 Å². The largest absolute Gasteiger partial charge is 0.493 e. The molecule has 1 aromatic heterocycles. The highest BCUT2D eigenvalue weighted by Crippen LogP contribution is 2.29. The molecule has 0 saturated carbocycles. The van der Waals surface area contributed by atoms with Crippen LogP contribution in [0.1, 0.15) is 29.2 Å². The van der Waals surface area contributed by atoms with Crippen molar-refractivity contribution in [3.63, 3.8) is 0 Å². The molecule has 3 rings (SSSR count). The summed E-state index contributed by atoms with van der Waals surface area (Å²) < 4.78 is 21.5. The summed E-state index contributed by atoms with van der Waals surface area (Å²) >= 11 is 0. The number of carbonyl (C=O) groups excluding carboxylic acids is 1. The van der Waals surface area contributed by atoms with Gasteiger partial charge >= 0.3 is 11.6 Å². The number of ether oxygens (including phenoxy) is 3. The van der Waals surface area contributed by atoms with Crippen LogP contribution in [0.15, 0.2) is 51.7 Å². The van der Waals surface area contributed by atoms with E-state index in [1.54, 1.807) is 6.07 Å². The molecule has 0 aliphatic heterocycles. The third-order valence-corrected chi connectivity index (χ3v) is 4.80. The Kier molecular flexibility index (Phi) is 6.57. The Morgan fingerprint density at radius 3 is 2.63 bits per heavy atom. The molecule has 6 heteroatoms. The van der Waals surface area contributed by atoms with E-state index in [1.165, 1.54) is 13.2 Å². The minimum absolute atomic E-state index is 0.0514. The summed E-state index contributed by atoms with van der Waals surface area (Å²) in [5.74, 6) is 0.412. The van der Waals surface area contributed by atoms with Crippen molar-refractivity contribution in [2.75, 3.05) is 13.7 Å². The standard InChI is InChI=1S/C24H24O6/c1-5-6-17-8-10-20(21(11-17)27-4)28-14-23(26)29-13-18-12-22(25)30-24-16(3)15(2)7-9-19(18)24/h5-12H,13-14H2,1-4H3/b6-5+. The predicted molar refractivity (Wildman–Crippen MR) is 115 cm³/mol. The number of carbonyl (C=O) groups is 1. The number of allylic oxidation sites excluding steroid dienone is 1. The maximum atomic E-state index is 12.2. The molecule has 3 aromatic rings. The Morgan fingerprint density at radius 1 is 1.10 bits per heavy atom. The molecule has 0 unspecified atom stereocenters. The van der Waals surface area contributed by atoms with Crippen LogP contribution in [-0.2, 0) is 16.1 Å². The Hall–Kier alpha value is -3.54. The minimum atomic E-state index is -0.556. The van der Waals surface area contributed by atoms with Crippen LogP contribution in [0.3, 0.4) is 0 Å². The van der Waals surface area contributed by atoms with E-state index in [4.69, 9.17) is 18.6 Å². The maximum absolute atomic E-state index is 12.2. The fourth-order valence-corrected chi connectivity index (χ4v) is 3.08. The highest BCUT2D eigenvalue weighted by atomic mass is 16.6. The van der Waals surface area contributed by atoms with Crippen LogP contribution in [0.4, 0.5) is 0 Å². The maximum Gasteiger partial charge on any atom is 0.344 e. The van der Waals surface area contributed by atoms with Crippen LogP contribution in [0.2, 0.25) is 0 Å². The van der Waals surface area contributed by atoms with Crippen molar-refractivity contribution in [1.29, 1.82) is 0 Å². The van der Waals surface area contributed by atoms with Gasteiger partial charge in [-0.25, -0.2) is 9.59 Å². The highest BCUT2D eigenvalue weighted by Gasteiger charge is 2.13. The summed E-state index contributed by atoms with van der Waals surface area (Å²) in [6.45, 7) is 5.42. The van der Waals surface area contributed by atoms with Gasteiger partial charge in [0.2, 0.25) is 0 Å². The van der Waals surface area contributed by atoms with Crippen LogP contribution in [0.5, 0.6) is 11.5 Å². The molecule has 0 N–H and O–H groups in total. The average Bonchev–Trinajstić information content (AvgIpc) is 2.74. The van der Waals surface area contributed by atoms with Gasteiger partial charge in [0.05, 0.1) is 7.11 Å². The summed E-state index contributed by atoms with van der Waals surface area (Å²) in [7, 11) is 1.54. The topological polar surface area (TPSA) is 75.0 Å². The lowest BCUT2D eigenvalue weighted by Gasteiger charge is -2.12. The first-order valence-corrected chi connectivity index (χ1v) is 9.55. The SMILES string of the molecule is C/C=C/c1ccc(OCC(=O)OCc2cc(=O)oc3c(C)c(C)ccc23)c(OC)c1. The van der Waals surface area contributed by atoms with Crippen molar-refractivity contribution in [1.82, 2.24) is 0 Å². The quantitative estimate of drug-likeness (QED) is 0.421. The van der Waals surface area contributed by atoms with Crippen LogP contribution in [-0.4, -0.2) is 19.7 Å². The molecule has 0 aliphatic carbocycles. The zero-order valence-corrected chi connectivity index (χ0v) is 17.5. The Labute approximate surface area is 174 Å². The molecule has 0 radical (unpaired) electrons. The Bertz CT molecular complexity index is 1160. The van der Waals surface area contributed by atoms with Crippen LogP contribution < -0.4 is 15.1 Å². The van der Waals surface area contributed by atoms with Crippen LogP contribution in [0.25, 0.3) is 17.0 Å². The molecule has 156 valence electrons. The van der Waals surface area contributed by atoms with Gasteiger partial charge in [0.15, 0.2) is 18.1 Å². The van der Waals surface area contributed by atoms with Gasteiger partial charge in [0.25, 0.3) is 0 Å². The van der Waals surface area contributed by atoms with Crippen molar-refractivity contribution < 1.29 is 23.4 Å². The fraction of sp³-hybridized carbons (Fsp3) is 0.250. The molecule has 0 atom stereocenters. The van der Waals surface area contributed by atoms with E-state index in [2.05, 4.69) is 0 Å². The summed E-state index contributed by atoms with van der Waals surface area (Å²) in [4.78, 5) is 24.1. The summed E-state index contributed by atoms with van der Waals surface area (Å²) in [6, 6.07) is 10.6. The zero-order chi connectivity index (χ0) is 21.7. The molecule has 0 aliphatic rings. The van der Waals surface area contributed by atoms with Crippen molar-refractivity contribution >= 4 is 23.0 Å². The molecule has 0 fully saturated rings. The van der Waals surface area contributed by atoms with E-state index in [9.17, 15) is 9.59 Å². The lowest BCUT2D eigenvalue weighted by atomic mass is 10.0. The third-order valence-electron chi connectivity index (χ3n) is 4.80. The number of fused-ring (bicyclic) bond motifs is 1. The second-order valence-electron chi connectivity index (χ2n) is 6.83. The lowest BCUT2D eigenvalue weighted by Crippen LogP contribution is -2.16. The molecule has 0 spiro atoms. The molecular weight excluding hydrogens is 384 g/mol. The van der Waals surface area contributed by atoms with Crippen LogP contribution >= 0.6 is 0 Å². The van der Waals surface area contributed by atoms with Gasteiger partial charge in [-0.15, -0.1) is 0 Å². The molecule has 30 heavy (non-hydrogen) atoms. The minimum Gasteiger partial charge on any atom is -0.493 e. The first-order valence-electron chi connectivity index (χ1n) is 9.55. The van der Waals surface area contributed by atoms with Crippen LogP contribution in [0, 0.1) is 13.8 Å². The molecule has 1 heterocycles. The number of aryl methyl sites for hydroxylation is 2. The van der Waals surface area contributed by atoms with E-state index < -0.39 is 11.6 Å². The van der Waals surface area contributed by atoms with E-state index in [0.717, 1.165) is 22.1 Å². The number of methoxy groups -OCH3 is 1. The van der Waals surface area contributed by atoms with E-state index >= 15 is 0 Å². The lowest BCUT2D eigenvalue weighted by molar-refractivity contribution is -0.147. The van der Waals surface area contributed by atoms with Crippen molar-refractivity contribution in [3.8, 4) is 11.5 Å². The number of hydrogen-bond donors (Lipinski definition) is 0. The number of esters is 1. The molecule has 0 saturated heterocycles. The average molecular weight is 408 g/mol. The fourth-order valence-electron chi connectivity index (χ4n) is 3.08. The zero-order valence-electron chi connectivity index (χ0n) is 17.5. The molecule has 0 bridgehead atoms. The highest BCUT2D eigenvalue weighted by molar-refractivity contribution is 5.84. The van der Waals surface area contributed by atoms with Gasteiger partial charge in [-0.2, -0.15) is 0 Å². The van der Waals surface area contributed by atoms with Gasteiger partial charge in [-0.3, -0.25) is 0 Å². The monoisotopic (exact) mass is 408 g/mol. The predicted octanol–water partition coefficient (Wildman–Crippen LogP) is 4.57. The van der Waals surface area contributed by atoms with Gasteiger partial charge in [-0.05, 0) is 49.6 Å². The molecule has 2 aromatic carbocycles. The molecule has 6 nitrogen and oxygen atoms in total.